The van der Waals surface area contributed by atoms with Gasteiger partial charge in [-0.25, -0.2) is 9.18 Å². The van der Waals surface area contributed by atoms with Crippen LogP contribution in [0.5, 0.6) is 0 Å². The summed E-state index contributed by atoms with van der Waals surface area (Å²) in [5.74, 6) is -0.947. The van der Waals surface area contributed by atoms with Gasteiger partial charge in [0.1, 0.15) is 17.5 Å². The van der Waals surface area contributed by atoms with Gasteiger partial charge in [0.2, 0.25) is 5.91 Å². The van der Waals surface area contributed by atoms with Gasteiger partial charge in [-0.05, 0) is 52.5 Å². The number of carbonyl (C=O) groups is 2. The van der Waals surface area contributed by atoms with Crippen LogP contribution >= 0.6 is 11.6 Å². The van der Waals surface area contributed by atoms with Crippen molar-refractivity contribution in [2.24, 2.45) is 17.8 Å². The van der Waals surface area contributed by atoms with Gasteiger partial charge in [-0.2, -0.15) is 0 Å². The Balaban J connectivity index is 1.58. The average molecular weight is 427 g/mol. The van der Waals surface area contributed by atoms with Crippen LogP contribution in [-0.2, 0) is 9.53 Å². The van der Waals surface area contributed by atoms with Crippen molar-refractivity contribution in [3.63, 3.8) is 0 Å². The lowest BCUT2D eigenvalue weighted by Crippen LogP contribution is -2.49. The molecule has 1 saturated carbocycles. The molecule has 2 N–H and O–H groups in total. The number of carbonyl (C=O) groups excluding carboxylic acids is 2. The molecule has 6 nitrogen and oxygen atoms in total. The molecule has 1 aliphatic heterocycles. The lowest BCUT2D eigenvalue weighted by Gasteiger charge is -2.33. The molecule has 160 valence electrons. The van der Waals surface area contributed by atoms with Crippen LogP contribution in [0, 0.1) is 23.6 Å². The zero-order valence-electron chi connectivity index (χ0n) is 17.3. The highest BCUT2D eigenvalue weighted by Gasteiger charge is 2.61. The molecule has 8 heteroatoms. The molecule has 1 heterocycles. The van der Waals surface area contributed by atoms with E-state index in [0.717, 1.165) is 0 Å². The molecule has 2 amide bonds. The first-order chi connectivity index (χ1) is 13.3. The number of rotatable bonds is 4. The minimum atomic E-state index is -1.26. The molecular weight excluding hydrogens is 399 g/mol. The molecule has 1 unspecified atom stereocenters. The second-order valence-electron chi connectivity index (χ2n) is 9.50. The van der Waals surface area contributed by atoms with Gasteiger partial charge < -0.3 is 20.1 Å². The predicted octanol–water partition coefficient (Wildman–Crippen LogP) is 3.52. The zero-order chi connectivity index (χ0) is 21.7. The third-order valence-corrected chi connectivity index (χ3v) is 5.85. The fraction of sp³-hybridized carbons (Fsp3) is 0.619. The molecule has 1 aliphatic carbocycles. The number of hydrogen-bond donors (Lipinski definition) is 2. The second kappa shape index (κ2) is 7.43. The summed E-state index contributed by atoms with van der Waals surface area (Å²) in [4.78, 5) is 26.5. The smallest absolute Gasteiger partial charge is 0.410 e. The van der Waals surface area contributed by atoms with Gasteiger partial charge in [-0.3, -0.25) is 4.79 Å². The topological polar surface area (TPSA) is 78.9 Å². The predicted molar refractivity (Wildman–Crippen MR) is 107 cm³/mol. The Morgan fingerprint density at radius 1 is 1.24 bits per heavy atom. The third kappa shape index (κ3) is 4.51. The van der Waals surface area contributed by atoms with E-state index in [1.54, 1.807) is 24.8 Å². The van der Waals surface area contributed by atoms with Crippen LogP contribution in [0.1, 0.15) is 46.3 Å². The van der Waals surface area contributed by atoms with Crippen molar-refractivity contribution in [2.45, 2.75) is 51.9 Å². The third-order valence-electron chi connectivity index (χ3n) is 5.55. The van der Waals surface area contributed by atoms with Crippen molar-refractivity contribution < 1.29 is 23.8 Å². The van der Waals surface area contributed by atoms with Crippen molar-refractivity contribution in [1.82, 2.24) is 10.2 Å². The minimum Gasteiger partial charge on any atom is -0.444 e. The first kappa shape index (κ1) is 21.8. The highest BCUT2D eigenvalue weighted by Crippen LogP contribution is 2.52. The Labute approximate surface area is 175 Å². The van der Waals surface area contributed by atoms with E-state index in [-0.39, 0.29) is 40.3 Å². The van der Waals surface area contributed by atoms with Crippen LogP contribution in [0.2, 0.25) is 5.02 Å². The van der Waals surface area contributed by atoms with E-state index >= 15 is 0 Å². The van der Waals surface area contributed by atoms with E-state index in [1.165, 1.54) is 12.1 Å². The van der Waals surface area contributed by atoms with Gasteiger partial charge in [0.05, 0.1) is 10.6 Å². The Morgan fingerprint density at radius 3 is 2.38 bits per heavy atom. The lowest BCUT2D eigenvalue weighted by atomic mass is 9.90. The molecule has 1 aromatic carbocycles. The number of aliphatic hydroxyl groups is 1. The maximum absolute atomic E-state index is 14.3. The number of benzene rings is 1. The maximum atomic E-state index is 14.3. The molecule has 0 spiro atoms. The number of amides is 2. The van der Waals surface area contributed by atoms with Gasteiger partial charge in [-0.15, -0.1) is 0 Å². The van der Waals surface area contributed by atoms with Crippen molar-refractivity contribution >= 4 is 23.6 Å². The quantitative estimate of drug-likeness (QED) is 0.772. The number of nitrogens with one attached hydrogen (secondary N) is 1. The molecule has 0 aromatic heterocycles. The number of ether oxygens (including phenoxy) is 1. The summed E-state index contributed by atoms with van der Waals surface area (Å²) < 4.78 is 19.6. The van der Waals surface area contributed by atoms with Crippen LogP contribution in [0.15, 0.2) is 18.2 Å². The average Bonchev–Trinajstić information content (AvgIpc) is 3.09. The summed E-state index contributed by atoms with van der Waals surface area (Å²) in [7, 11) is 0. The number of hydrogen-bond acceptors (Lipinski definition) is 4. The van der Waals surface area contributed by atoms with Crippen LogP contribution in [0.25, 0.3) is 0 Å². The fourth-order valence-electron chi connectivity index (χ4n) is 3.98. The Hall–Kier alpha value is -1.86. The summed E-state index contributed by atoms with van der Waals surface area (Å²) >= 11 is 5.80. The van der Waals surface area contributed by atoms with Crippen molar-refractivity contribution in [1.29, 1.82) is 0 Å². The van der Waals surface area contributed by atoms with Gasteiger partial charge in [0, 0.05) is 24.6 Å². The molecule has 1 saturated heterocycles. The number of aliphatic hydroxyl groups excluding tert-OH is 1. The van der Waals surface area contributed by atoms with E-state index in [9.17, 15) is 19.1 Å². The van der Waals surface area contributed by atoms with Gasteiger partial charge in [-0.1, -0.05) is 23.7 Å². The highest BCUT2D eigenvalue weighted by molar-refractivity contribution is 6.30. The summed E-state index contributed by atoms with van der Waals surface area (Å²) in [6, 6.07) is 4.41. The molecule has 0 radical (unpaired) electrons. The lowest BCUT2D eigenvalue weighted by molar-refractivity contribution is -0.126. The van der Waals surface area contributed by atoms with Crippen LogP contribution in [-0.4, -0.2) is 46.2 Å². The van der Waals surface area contributed by atoms with Crippen molar-refractivity contribution in [2.75, 3.05) is 13.1 Å². The van der Waals surface area contributed by atoms with Gasteiger partial charge in [0.25, 0.3) is 0 Å². The number of fused-ring (bicyclic) bond motifs is 1. The summed E-state index contributed by atoms with van der Waals surface area (Å²) in [6.45, 7) is 9.67. The standard InChI is InChI=1S/C21H28ClFN2O4/c1-20(2,3)29-19(28)25-9-12-13(10-25)15(12)18(27)24-21(4,5)17(26)11-7-6-8-14(22)16(11)23/h6-8,12-13,15,17,26H,9-10H2,1-5H3,(H,24,27)/t12-,13+,15+,17?. The van der Waals surface area contributed by atoms with E-state index in [0.29, 0.717) is 13.1 Å². The number of piperidine rings is 1. The zero-order valence-corrected chi connectivity index (χ0v) is 18.1. The van der Waals surface area contributed by atoms with Crippen molar-refractivity contribution in [3.05, 3.63) is 34.6 Å². The molecule has 4 atom stereocenters. The van der Waals surface area contributed by atoms with Gasteiger partial charge >= 0.3 is 6.09 Å². The van der Waals surface area contributed by atoms with Crippen molar-refractivity contribution in [3.8, 4) is 0 Å². The minimum absolute atomic E-state index is 0.0369. The number of nitrogens with zero attached hydrogens (tertiary/aromatic N) is 1. The maximum Gasteiger partial charge on any atom is 0.410 e. The highest BCUT2D eigenvalue weighted by atomic mass is 35.5. The largest absolute Gasteiger partial charge is 0.444 e. The van der Waals surface area contributed by atoms with E-state index in [2.05, 4.69) is 5.32 Å². The molecule has 2 aliphatic rings. The summed E-state index contributed by atoms with van der Waals surface area (Å²) in [5.41, 5.74) is -1.62. The normalized spacial score (nSPS) is 24.7. The van der Waals surface area contributed by atoms with Crippen LogP contribution in [0.4, 0.5) is 9.18 Å². The summed E-state index contributed by atoms with van der Waals surface area (Å²) in [6.07, 6.45) is -1.63. The Kier molecular flexibility index (Phi) is 5.60. The first-order valence-electron chi connectivity index (χ1n) is 9.74. The SMILES string of the molecule is CC(C)(C)OC(=O)N1C[C@@H]2[C@H](C1)[C@H]2C(=O)NC(C)(C)C(O)c1cccc(Cl)c1F. The number of likely N-dealkylation sites (tertiary alicyclic amines) is 1. The number of halogens is 2. The first-order valence-corrected chi connectivity index (χ1v) is 10.1. The van der Waals surface area contributed by atoms with E-state index in [4.69, 9.17) is 16.3 Å². The van der Waals surface area contributed by atoms with Crippen LogP contribution in [0.3, 0.4) is 0 Å². The molecule has 29 heavy (non-hydrogen) atoms. The van der Waals surface area contributed by atoms with Crippen LogP contribution < -0.4 is 5.32 Å². The molecule has 2 fully saturated rings. The molecule has 0 bridgehead atoms. The summed E-state index contributed by atoms with van der Waals surface area (Å²) in [5, 5.41) is 13.4. The molecule has 1 aromatic rings. The molecular formula is C21H28ClFN2O4. The van der Waals surface area contributed by atoms with E-state index in [1.807, 2.05) is 20.8 Å². The van der Waals surface area contributed by atoms with E-state index < -0.39 is 23.1 Å². The second-order valence-corrected chi connectivity index (χ2v) is 9.90. The van der Waals surface area contributed by atoms with Gasteiger partial charge in [0.15, 0.2) is 0 Å². The molecule has 3 rings (SSSR count). The monoisotopic (exact) mass is 426 g/mol. The Bertz CT molecular complexity index is 811. The Morgan fingerprint density at radius 2 is 1.83 bits per heavy atom. The fourth-order valence-corrected chi connectivity index (χ4v) is 4.16.